The normalized spacial score (nSPS) is 16.1. The van der Waals surface area contributed by atoms with Crippen molar-refractivity contribution >= 4 is 6.09 Å². The topological polar surface area (TPSA) is 58.6 Å². The van der Waals surface area contributed by atoms with Gasteiger partial charge in [-0.15, -0.1) is 0 Å². The second-order valence-electron chi connectivity index (χ2n) is 7.36. The molecule has 0 aromatic carbocycles. The lowest BCUT2D eigenvalue weighted by molar-refractivity contribution is 0.0418. The quantitative estimate of drug-likeness (QED) is 0.673. The fraction of sp³-hybridized carbons (Fsp3) is 0.941. The van der Waals surface area contributed by atoms with Crippen LogP contribution in [0.4, 0.5) is 4.79 Å². The molecular formula is C17H35NO3. The van der Waals surface area contributed by atoms with Crippen molar-refractivity contribution in [1.82, 2.24) is 5.32 Å². The van der Waals surface area contributed by atoms with E-state index in [9.17, 15) is 9.90 Å². The maximum atomic E-state index is 11.8. The average Bonchev–Trinajstić information content (AvgIpc) is 2.34. The number of carbonyl (C=O) groups excluding carboxylic acids is 1. The number of nitrogens with one attached hydrogen (secondary N) is 1. The summed E-state index contributed by atoms with van der Waals surface area (Å²) in [5, 5.41) is 12.7. The second kappa shape index (κ2) is 9.29. The van der Waals surface area contributed by atoms with Crippen LogP contribution in [0.15, 0.2) is 0 Å². The van der Waals surface area contributed by atoms with Crippen molar-refractivity contribution in [2.24, 2.45) is 11.3 Å². The van der Waals surface area contributed by atoms with Crippen LogP contribution in [0.2, 0.25) is 0 Å². The largest absolute Gasteiger partial charge is 0.444 e. The molecule has 126 valence electrons. The third-order valence-corrected chi connectivity index (χ3v) is 3.69. The highest BCUT2D eigenvalue weighted by Gasteiger charge is 2.31. The van der Waals surface area contributed by atoms with E-state index in [1.165, 1.54) is 0 Å². The summed E-state index contributed by atoms with van der Waals surface area (Å²) in [6.07, 6.45) is 4.73. The van der Waals surface area contributed by atoms with Crippen molar-refractivity contribution in [1.29, 1.82) is 0 Å². The zero-order valence-corrected chi connectivity index (χ0v) is 14.8. The molecule has 0 saturated heterocycles. The van der Waals surface area contributed by atoms with E-state index >= 15 is 0 Å². The molecule has 0 aromatic rings. The Morgan fingerprint density at radius 3 is 2.29 bits per heavy atom. The molecule has 0 spiro atoms. The Morgan fingerprint density at radius 1 is 1.24 bits per heavy atom. The first kappa shape index (κ1) is 20.2. The molecule has 4 heteroatoms. The van der Waals surface area contributed by atoms with E-state index in [0.717, 1.165) is 32.1 Å². The monoisotopic (exact) mass is 301 g/mol. The first-order valence-corrected chi connectivity index (χ1v) is 8.25. The van der Waals surface area contributed by atoms with Crippen LogP contribution in [0.25, 0.3) is 0 Å². The highest BCUT2D eigenvalue weighted by molar-refractivity contribution is 5.67. The summed E-state index contributed by atoms with van der Waals surface area (Å²) in [6.45, 7) is 12.6. The Labute approximate surface area is 130 Å². The number of alkyl carbamates (subject to hydrolysis) is 1. The molecule has 0 aromatic heterocycles. The number of rotatable bonds is 9. The fourth-order valence-corrected chi connectivity index (χ4v) is 2.90. The molecule has 0 radical (unpaired) electrons. The molecule has 0 aliphatic heterocycles. The Bertz CT molecular complexity index is 299. The third-order valence-electron chi connectivity index (χ3n) is 3.69. The van der Waals surface area contributed by atoms with Gasteiger partial charge in [0.25, 0.3) is 0 Å². The lowest BCUT2D eigenvalue weighted by Crippen LogP contribution is -2.43. The molecule has 0 rings (SSSR count). The van der Waals surface area contributed by atoms with E-state index in [1.807, 2.05) is 20.8 Å². The second-order valence-corrected chi connectivity index (χ2v) is 7.36. The maximum Gasteiger partial charge on any atom is 0.407 e. The van der Waals surface area contributed by atoms with Crippen molar-refractivity contribution in [2.75, 3.05) is 13.2 Å². The number of ether oxygens (including phenoxy) is 1. The van der Waals surface area contributed by atoms with Gasteiger partial charge in [-0.05, 0) is 39.5 Å². The highest BCUT2D eigenvalue weighted by atomic mass is 16.6. The van der Waals surface area contributed by atoms with Gasteiger partial charge < -0.3 is 15.2 Å². The molecule has 0 aliphatic rings. The summed E-state index contributed by atoms with van der Waals surface area (Å²) in [4.78, 5) is 11.8. The van der Waals surface area contributed by atoms with Crippen LogP contribution in [0.5, 0.6) is 0 Å². The molecule has 0 aliphatic carbocycles. The molecule has 0 bridgehead atoms. The van der Waals surface area contributed by atoms with Crippen molar-refractivity contribution in [3.05, 3.63) is 0 Å². The van der Waals surface area contributed by atoms with Crippen LogP contribution in [0.1, 0.15) is 73.6 Å². The Kier molecular flexibility index (Phi) is 8.95. The van der Waals surface area contributed by atoms with Gasteiger partial charge in [-0.25, -0.2) is 4.79 Å². The van der Waals surface area contributed by atoms with Crippen LogP contribution in [-0.4, -0.2) is 30.0 Å². The molecule has 2 N–H and O–H groups in total. The summed E-state index contributed by atoms with van der Waals surface area (Å²) < 4.78 is 5.28. The minimum atomic E-state index is -0.494. The summed E-state index contributed by atoms with van der Waals surface area (Å²) in [7, 11) is 0. The molecule has 0 heterocycles. The number of aliphatic hydroxyl groups excluding tert-OH is 1. The Balaban J connectivity index is 4.64. The van der Waals surface area contributed by atoms with E-state index in [1.54, 1.807) is 0 Å². The Hall–Kier alpha value is -0.770. The molecular weight excluding hydrogens is 266 g/mol. The van der Waals surface area contributed by atoms with Gasteiger partial charge in [-0.3, -0.25) is 0 Å². The zero-order valence-electron chi connectivity index (χ0n) is 14.8. The Morgan fingerprint density at radius 2 is 1.86 bits per heavy atom. The first-order valence-electron chi connectivity index (χ1n) is 8.25. The van der Waals surface area contributed by atoms with E-state index in [0.29, 0.717) is 12.5 Å². The SMILES string of the molecule is CCCC(C)CC(CO)(CCC)CNC(=O)OC(C)(C)C. The van der Waals surface area contributed by atoms with Crippen LogP contribution in [0, 0.1) is 11.3 Å². The minimum Gasteiger partial charge on any atom is -0.444 e. The molecule has 2 unspecified atom stereocenters. The van der Waals surface area contributed by atoms with Crippen LogP contribution < -0.4 is 5.32 Å². The number of amides is 1. The van der Waals surface area contributed by atoms with Crippen molar-refractivity contribution < 1.29 is 14.6 Å². The molecule has 2 atom stereocenters. The van der Waals surface area contributed by atoms with Gasteiger partial charge in [0.2, 0.25) is 0 Å². The van der Waals surface area contributed by atoms with Gasteiger partial charge in [0.05, 0.1) is 6.61 Å². The predicted molar refractivity (Wildman–Crippen MR) is 87.4 cm³/mol. The molecule has 0 fully saturated rings. The molecule has 0 saturated carbocycles. The summed E-state index contributed by atoms with van der Waals surface area (Å²) in [6, 6.07) is 0. The molecule has 4 nitrogen and oxygen atoms in total. The maximum absolute atomic E-state index is 11.8. The van der Waals surface area contributed by atoms with Gasteiger partial charge in [0.15, 0.2) is 0 Å². The minimum absolute atomic E-state index is 0.102. The van der Waals surface area contributed by atoms with E-state index in [4.69, 9.17) is 4.74 Å². The van der Waals surface area contributed by atoms with Crippen LogP contribution >= 0.6 is 0 Å². The first-order chi connectivity index (χ1) is 9.68. The smallest absolute Gasteiger partial charge is 0.407 e. The zero-order chi connectivity index (χ0) is 16.5. The van der Waals surface area contributed by atoms with E-state index in [2.05, 4.69) is 26.1 Å². The number of carbonyl (C=O) groups is 1. The lowest BCUT2D eigenvalue weighted by atomic mass is 9.75. The fourth-order valence-electron chi connectivity index (χ4n) is 2.90. The lowest BCUT2D eigenvalue weighted by Gasteiger charge is -2.34. The van der Waals surface area contributed by atoms with E-state index in [-0.39, 0.29) is 12.0 Å². The summed E-state index contributed by atoms with van der Waals surface area (Å²) in [5.41, 5.74) is -0.730. The van der Waals surface area contributed by atoms with Gasteiger partial charge in [-0.2, -0.15) is 0 Å². The van der Waals surface area contributed by atoms with Crippen molar-refractivity contribution in [2.45, 2.75) is 79.2 Å². The van der Waals surface area contributed by atoms with Crippen LogP contribution in [0.3, 0.4) is 0 Å². The predicted octanol–water partition coefficient (Wildman–Crippen LogP) is 4.12. The van der Waals surface area contributed by atoms with Crippen LogP contribution in [-0.2, 0) is 4.74 Å². The highest BCUT2D eigenvalue weighted by Crippen LogP contribution is 2.32. The van der Waals surface area contributed by atoms with Gasteiger partial charge in [-0.1, -0.05) is 40.0 Å². The van der Waals surface area contributed by atoms with Gasteiger partial charge >= 0.3 is 6.09 Å². The summed E-state index contributed by atoms with van der Waals surface area (Å²) in [5.74, 6) is 0.550. The van der Waals surface area contributed by atoms with Crippen molar-refractivity contribution in [3.63, 3.8) is 0 Å². The third kappa shape index (κ3) is 8.97. The molecule has 21 heavy (non-hydrogen) atoms. The average molecular weight is 301 g/mol. The number of aliphatic hydroxyl groups is 1. The molecule has 1 amide bonds. The van der Waals surface area contributed by atoms with E-state index < -0.39 is 11.7 Å². The summed E-state index contributed by atoms with van der Waals surface area (Å²) >= 11 is 0. The van der Waals surface area contributed by atoms with Crippen molar-refractivity contribution in [3.8, 4) is 0 Å². The number of hydrogen-bond donors (Lipinski definition) is 2. The number of hydrogen-bond acceptors (Lipinski definition) is 3. The standard InChI is InChI=1S/C17H35NO3/c1-7-9-14(3)11-17(13-19,10-8-2)12-18-15(20)21-16(4,5)6/h14,19H,7-13H2,1-6H3,(H,18,20). The van der Waals surface area contributed by atoms with Gasteiger partial charge in [0.1, 0.15) is 5.60 Å². The van der Waals surface area contributed by atoms with Gasteiger partial charge in [0, 0.05) is 12.0 Å².